The third-order valence-electron chi connectivity index (χ3n) is 17.1. The van der Waals surface area contributed by atoms with Gasteiger partial charge in [-0.05, 0) is 38.5 Å². The lowest BCUT2D eigenvalue weighted by Gasteiger charge is -2.48. The van der Waals surface area contributed by atoms with Crippen LogP contribution in [0.25, 0.3) is 0 Å². The summed E-state index contributed by atoms with van der Waals surface area (Å²) in [5.41, 5.74) is 0. The molecule has 0 aliphatic carbocycles. The van der Waals surface area contributed by atoms with Crippen LogP contribution in [0.4, 0.5) is 0 Å². The molecule has 0 radical (unpaired) electrons. The van der Waals surface area contributed by atoms with Crippen LogP contribution in [0.1, 0.15) is 258 Å². The van der Waals surface area contributed by atoms with Crippen LogP contribution in [-0.4, -0.2) is 193 Å². The van der Waals surface area contributed by atoms with E-state index in [0.29, 0.717) is 12.8 Å². The number of carbonyl (C=O) groups excluding carboxylic acids is 1. The zero-order valence-electron chi connectivity index (χ0n) is 51.4. The third kappa shape index (κ3) is 30.5. The van der Waals surface area contributed by atoms with E-state index in [1.165, 1.54) is 180 Å². The number of ether oxygens (including phenoxy) is 6. The van der Waals surface area contributed by atoms with Gasteiger partial charge in [0.1, 0.15) is 73.2 Å². The molecule has 3 saturated heterocycles. The zero-order chi connectivity index (χ0) is 60.5. The van der Waals surface area contributed by atoms with E-state index in [0.717, 1.165) is 44.9 Å². The number of nitrogens with one attached hydrogen (secondary N) is 1. The highest BCUT2D eigenvalue weighted by atomic mass is 16.8. The Hall–Kier alpha value is -1.47. The fourth-order valence-electron chi connectivity index (χ4n) is 11.6. The lowest BCUT2D eigenvalue weighted by molar-refractivity contribution is -0.379. The molecule has 0 aromatic carbocycles. The van der Waals surface area contributed by atoms with Crippen LogP contribution >= 0.6 is 0 Å². The SMILES string of the molecule is CCCCCCCCCC/C=C\CCCCCCCCCCCCCCCCCC(=O)NC(COC1OC(CO)C(OC2OC(CO)C(OC3OC(CO)C(O)C(O)C3O)C(O)C2O)C(O)C1O)C(O)CCCCCCCCCCCCC. The number of rotatable bonds is 51. The molecule has 83 heavy (non-hydrogen) atoms. The molecule has 3 heterocycles. The number of hydrogen-bond donors (Lipinski definition) is 12. The molecule has 0 aromatic heterocycles. The van der Waals surface area contributed by atoms with Crippen LogP contribution in [0, 0.1) is 0 Å². The monoisotopic (exact) mass is 1190 g/mol. The van der Waals surface area contributed by atoms with Crippen molar-refractivity contribution in [3.05, 3.63) is 12.2 Å². The lowest BCUT2D eigenvalue weighted by Crippen LogP contribution is -2.66. The van der Waals surface area contributed by atoms with Crippen molar-refractivity contribution in [1.82, 2.24) is 5.32 Å². The predicted octanol–water partition coefficient (Wildman–Crippen LogP) is 7.72. The lowest BCUT2D eigenvalue weighted by atomic mass is 9.96. The molecule has 19 nitrogen and oxygen atoms in total. The van der Waals surface area contributed by atoms with Gasteiger partial charge in [0.25, 0.3) is 0 Å². The Morgan fingerprint density at radius 3 is 1.17 bits per heavy atom. The minimum absolute atomic E-state index is 0.240. The molecule has 490 valence electrons. The Morgan fingerprint density at radius 1 is 0.422 bits per heavy atom. The average molecular weight is 1190 g/mol. The molecule has 0 bridgehead atoms. The van der Waals surface area contributed by atoms with E-state index in [9.17, 15) is 61.0 Å². The summed E-state index contributed by atoms with van der Waals surface area (Å²) in [6.07, 6.45) is 23.1. The second kappa shape index (κ2) is 47.5. The van der Waals surface area contributed by atoms with Gasteiger partial charge in [0.15, 0.2) is 18.9 Å². The fourth-order valence-corrected chi connectivity index (χ4v) is 11.6. The van der Waals surface area contributed by atoms with Gasteiger partial charge in [-0.15, -0.1) is 0 Å². The van der Waals surface area contributed by atoms with Gasteiger partial charge >= 0.3 is 0 Å². The molecule has 0 saturated carbocycles. The summed E-state index contributed by atoms with van der Waals surface area (Å²) >= 11 is 0. The molecule has 3 fully saturated rings. The van der Waals surface area contributed by atoms with Gasteiger partial charge in [0.05, 0.1) is 38.6 Å². The summed E-state index contributed by atoms with van der Waals surface area (Å²) < 4.78 is 34.3. The Kier molecular flexibility index (Phi) is 43.4. The van der Waals surface area contributed by atoms with Gasteiger partial charge in [0.2, 0.25) is 5.91 Å². The Bertz CT molecular complexity index is 1560. The molecule has 12 N–H and O–H groups in total. The van der Waals surface area contributed by atoms with E-state index in [4.69, 9.17) is 28.4 Å². The van der Waals surface area contributed by atoms with Gasteiger partial charge in [-0.1, -0.05) is 225 Å². The maximum absolute atomic E-state index is 13.4. The summed E-state index contributed by atoms with van der Waals surface area (Å²) in [6, 6.07) is -0.882. The number of amides is 1. The summed E-state index contributed by atoms with van der Waals surface area (Å²) in [5, 5.41) is 120. The minimum Gasteiger partial charge on any atom is -0.394 e. The molecule has 17 unspecified atom stereocenters. The first-order valence-corrected chi connectivity index (χ1v) is 33.4. The summed E-state index contributed by atoms with van der Waals surface area (Å²) in [7, 11) is 0. The van der Waals surface area contributed by atoms with E-state index in [1.807, 2.05) is 0 Å². The van der Waals surface area contributed by atoms with Gasteiger partial charge in [-0.3, -0.25) is 4.79 Å². The number of aliphatic hydroxyl groups is 11. The van der Waals surface area contributed by atoms with Crippen molar-refractivity contribution in [3.8, 4) is 0 Å². The van der Waals surface area contributed by atoms with Crippen molar-refractivity contribution >= 4 is 5.91 Å². The van der Waals surface area contributed by atoms with Crippen molar-refractivity contribution in [3.63, 3.8) is 0 Å². The van der Waals surface area contributed by atoms with Crippen LogP contribution < -0.4 is 5.32 Å². The smallest absolute Gasteiger partial charge is 0.220 e. The first-order valence-electron chi connectivity index (χ1n) is 33.4. The second-order valence-electron chi connectivity index (χ2n) is 24.3. The van der Waals surface area contributed by atoms with Gasteiger partial charge in [0, 0.05) is 6.42 Å². The maximum atomic E-state index is 13.4. The van der Waals surface area contributed by atoms with Crippen LogP contribution in [0.15, 0.2) is 12.2 Å². The molecule has 1 amide bonds. The number of hydrogen-bond acceptors (Lipinski definition) is 18. The van der Waals surface area contributed by atoms with Gasteiger partial charge in [-0.25, -0.2) is 0 Å². The van der Waals surface area contributed by atoms with Crippen LogP contribution in [-0.2, 0) is 33.2 Å². The average Bonchev–Trinajstić information content (AvgIpc) is 3.62. The zero-order valence-corrected chi connectivity index (χ0v) is 51.4. The molecule has 3 rings (SSSR count). The second-order valence-corrected chi connectivity index (χ2v) is 24.3. The first-order chi connectivity index (χ1) is 40.3. The maximum Gasteiger partial charge on any atom is 0.220 e. The highest BCUT2D eigenvalue weighted by Gasteiger charge is 2.53. The standard InChI is InChI=1S/C64H121NO18/c1-3-5-7-9-11-13-15-16-17-18-19-20-21-22-23-24-25-26-27-28-29-30-32-34-36-38-40-42-52(70)65-47(48(69)41-39-37-35-33-31-14-12-10-8-6-4-2)46-78-62-58(76)55(73)60(50(44-67)80-62)83-64-59(77)56(74)61(51(45-68)81-64)82-63-57(75)54(72)53(71)49(43-66)79-63/h18-19,47-51,53-64,66-69,71-77H,3-17,20-46H2,1-2H3,(H,65,70)/b19-18-. The number of unbranched alkanes of at least 4 members (excludes halogenated alkanes) is 33. The molecule has 3 aliphatic rings. The van der Waals surface area contributed by atoms with Gasteiger partial charge < -0.3 is 89.9 Å². The van der Waals surface area contributed by atoms with E-state index in [-0.39, 0.29) is 18.9 Å². The fraction of sp³-hybridized carbons (Fsp3) is 0.953. The molecule has 19 heteroatoms. The molecular weight excluding hydrogens is 1070 g/mol. The van der Waals surface area contributed by atoms with E-state index >= 15 is 0 Å². The number of allylic oxidation sites excluding steroid dienone is 2. The summed E-state index contributed by atoms with van der Waals surface area (Å²) in [5.74, 6) is -0.240. The Morgan fingerprint density at radius 2 is 0.759 bits per heavy atom. The molecule has 0 spiro atoms. The van der Waals surface area contributed by atoms with Crippen molar-refractivity contribution < 1.29 is 89.4 Å². The predicted molar refractivity (Wildman–Crippen MR) is 319 cm³/mol. The normalized spacial score (nSPS) is 29.4. The van der Waals surface area contributed by atoms with Gasteiger partial charge in [-0.2, -0.15) is 0 Å². The molecular formula is C64H121NO18. The van der Waals surface area contributed by atoms with Crippen molar-refractivity contribution in [2.75, 3.05) is 26.4 Å². The largest absolute Gasteiger partial charge is 0.394 e. The number of aliphatic hydroxyl groups excluding tert-OH is 11. The quantitative estimate of drug-likeness (QED) is 0.0205. The highest BCUT2D eigenvalue weighted by molar-refractivity contribution is 5.76. The third-order valence-corrected chi connectivity index (χ3v) is 17.1. The summed E-state index contributed by atoms with van der Waals surface area (Å²) in [6.45, 7) is 1.80. The van der Waals surface area contributed by atoms with E-state index in [1.54, 1.807) is 0 Å². The molecule has 0 aromatic rings. The first kappa shape index (κ1) is 75.8. The molecule has 3 aliphatic heterocycles. The Labute approximate surface area is 499 Å². The van der Waals surface area contributed by atoms with E-state index in [2.05, 4.69) is 31.3 Å². The highest BCUT2D eigenvalue weighted by Crippen LogP contribution is 2.33. The van der Waals surface area contributed by atoms with Crippen molar-refractivity contribution in [2.45, 2.75) is 362 Å². The van der Waals surface area contributed by atoms with Crippen molar-refractivity contribution in [1.29, 1.82) is 0 Å². The van der Waals surface area contributed by atoms with Crippen LogP contribution in [0.3, 0.4) is 0 Å². The van der Waals surface area contributed by atoms with Crippen LogP contribution in [0.5, 0.6) is 0 Å². The summed E-state index contributed by atoms with van der Waals surface area (Å²) in [4.78, 5) is 13.4. The van der Waals surface area contributed by atoms with E-state index < -0.39 is 124 Å². The minimum atomic E-state index is -1.97. The number of carbonyl (C=O) groups is 1. The Balaban J connectivity index is 1.39. The van der Waals surface area contributed by atoms with Crippen molar-refractivity contribution in [2.24, 2.45) is 0 Å². The van der Waals surface area contributed by atoms with Crippen LogP contribution in [0.2, 0.25) is 0 Å². The topological polar surface area (TPSA) is 307 Å². The molecule has 17 atom stereocenters.